The van der Waals surface area contributed by atoms with Crippen LogP contribution in [0.15, 0.2) is 0 Å². The molecule has 0 aromatic rings. The SMILES string of the molecule is CCCCCCCC(=O)OC(=O)CCCCCCC.[Zn].[Zn]. The van der Waals surface area contributed by atoms with Crippen molar-refractivity contribution >= 4 is 11.9 Å². The van der Waals surface area contributed by atoms with Crippen LogP contribution in [0.25, 0.3) is 0 Å². The van der Waals surface area contributed by atoms with Gasteiger partial charge < -0.3 is 4.74 Å². The topological polar surface area (TPSA) is 43.4 Å². The predicted molar refractivity (Wildman–Crippen MR) is 77.9 cm³/mol. The molecule has 0 N–H and O–H groups in total. The maximum absolute atomic E-state index is 11.4. The molecule has 21 heavy (non-hydrogen) atoms. The molecule has 0 saturated heterocycles. The van der Waals surface area contributed by atoms with Crippen molar-refractivity contribution in [3.8, 4) is 0 Å². The summed E-state index contributed by atoms with van der Waals surface area (Å²) >= 11 is 0. The summed E-state index contributed by atoms with van der Waals surface area (Å²) < 4.78 is 4.79. The summed E-state index contributed by atoms with van der Waals surface area (Å²) in [5, 5.41) is 0. The van der Waals surface area contributed by atoms with Crippen LogP contribution in [0, 0.1) is 0 Å². The van der Waals surface area contributed by atoms with E-state index in [0.29, 0.717) is 12.8 Å². The number of carbonyl (C=O) groups excluding carboxylic acids is 2. The average Bonchev–Trinajstić information content (AvgIpc) is 2.38. The Morgan fingerprint density at radius 3 is 1.29 bits per heavy atom. The third-order valence-corrected chi connectivity index (χ3v) is 3.20. The van der Waals surface area contributed by atoms with Crippen molar-refractivity contribution in [2.24, 2.45) is 0 Å². The van der Waals surface area contributed by atoms with E-state index in [9.17, 15) is 9.59 Å². The van der Waals surface area contributed by atoms with Gasteiger partial charge in [0.25, 0.3) is 0 Å². The van der Waals surface area contributed by atoms with E-state index in [0.717, 1.165) is 38.5 Å². The molecule has 0 saturated carbocycles. The fraction of sp³-hybridized carbons (Fsp3) is 0.875. The van der Waals surface area contributed by atoms with Crippen LogP contribution in [-0.4, -0.2) is 11.9 Å². The second-order valence-electron chi connectivity index (χ2n) is 5.17. The Bertz CT molecular complexity index is 222. The van der Waals surface area contributed by atoms with Gasteiger partial charge in [-0.1, -0.05) is 65.2 Å². The fourth-order valence-electron chi connectivity index (χ4n) is 1.97. The van der Waals surface area contributed by atoms with Crippen LogP contribution >= 0.6 is 0 Å². The number of rotatable bonds is 12. The van der Waals surface area contributed by atoms with Crippen molar-refractivity contribution in [3.05, 3.63) is 0 Å². The van der Waals surface area contributed by atoms with Crippen LogP contribution in [-0.2, 0) is 53.3 Å². The molecular formula is C16H30O3Zn2. The Morgan fingerprint density at radius 1 is 0.619 bits per heavy atom. The first-order valence-electron chi connectivity index (χ1n) is 7.94. The summed E-state index contributed by atoms with van der Waals surface area (Å²) in [6.07, 6.45) is 11.7. The molecule has 0 aromatic carbocycles. The first kappa shape index (κ1) is 26.3. The smallest absolute Gasteiger partial charge is 0.313 e. The van der Waals surface area contributed by atoms with Crippen molar-refractivity contribution in [2.75, 3.05) is 0 Å². The van der Waals surface area contributed by atoms with Crippen LogP contribution < -0.4 is 0 Å². The van der Waals surface area contributed by atoms with Crippen molar-refractivity contribution in [1.82, 2.24) is 0 Å². The molecule has 5 heteroatoms. The molecule has 0 unspecified atom stereocenters. The molecule has 0 amide bonds. The largest absolute Gasteiger partial charge is 0.393 e. The third kappa shape index (κ3) is 20.4. The van der Waals surface area contributed by atoms with Gasteiger partial charge in [-0.05, 0) is 12.8 Å². The first-order chi connectivity index (χ1) is 9.20. The normalized spacial score (nSPS) is 9.43. The van der Waals surface area contributed by atoms with Crippen LogP contribution in [0.4, 0.5) is 0 Å². The van der Waals surface area contributed by atoms with E-state index in [1.165, 1.54) is 25.7 Å². The summed E-state index contributed by atoms with van der Waals surface area (Å²) in [6, 6.07) is 0. The van der Waals surface area contributed by atoms with E-state index in [4.69, 9.17) is 4.74 Å². The van der Waals surface area contributed by atoms with Gasteiger partial charge in [-0.2, -0.15) is 0 Å². The summed E-state index contributed by atoms with van der Waals surface area (Å²) in [5.41, 5.74) is 0. The van der Waals surface area contributed by atoms with Gasteiger partial charge in [0.05, 0.1) is 0 Å². The molecule has 0 bridgehead atoms. The van der Waals surface area contributed by atoms with Gasteiger partial charge in [0.2, 0.25) is 0 Å². The van der Waals surface area contributed by atoms with Gasteiger partial charge in [0.1, 0.15) is 0 Å². The van der Waals surface area contributed by atoms with Gasteiger partial charge >= 0.3 is 11.9 Å². The molecule has 0 aliphatic heterocycles. The summed E-state index contributed by atoms with van der Waals surface area (Å²) in [6.45, 7) is 4.32. The zero-order valence-corrected chi connectivity index (χ0v) is 20.1. The zero-order chi connectivity index (χ0) is 14.3. The number of unbranched alkanes of at least 4 members (excludes halogenated alkanes) is 8. The molecule has 0 rings (SSSR count). The van der Waals surface area contributed by atoms with Crippen molar-refractivity contribution in [3.63, 3.8) is 0 Å². The molecule has 0 aliphatic carbocycles. The standard InChI is InChI=1S/C16H30O3.2Zn/c1-3-5-7-9-11-13-15(17)19-16(18)14-12-10-8-6-4-2;;/h3-14H2,1-2H3;;. The maximum Gasteiger partial charge on any atom is 0.313 e. The molecule has 0 atom stereocenters. The van der Waals surface area contributed by atoms with Crippen LogP contribution in [0.3, 0.4) is 0 Å². The Labute approximate surface area is 155 Å². The molecule has 0 aliphatic rings. The number of hydrogen-bond acceptors (Lipinski definition) is 3. The predicted octanol–water partition coefficient (Wildman–Crippen LogP) is 4.77. The summed E-state index contributed by atoms with van der Waals surface area (Å²) in [4.78, 5) is 22.8. The maximum atomic E-state index is 11.4. The fourth-order valence-corrected chi connectivity index (χ4v) is 1.97. The van der Waals surface area contributed by atoms with E-state index >= 15 is 0 Å². The van der Waals surface area contributed by atoms with E-state index < -0.39 is 0 Å². The third-order valence-electron chi connectivity index (χ3n) is 3.20. The molecule has 0 fully saturated rings. The molecular weight excluding hydrogens is 371 g/mol. The van der Waals surface area contributed by atoms with Crippen LogP contribution in [0.2, 0.25) is 0 Å². The molecule has 3 nitrogen and oxygen atoms in total. The minimum Gasteiger partial charge on any atom is -0.393 e. The zero-order valence-electron chi connectivity index (χ0n) is 14.1. The van der Waals surface area contributed by atoms with Crippen LogP contribution in [0.5, 0.6) is 0 Å². The van der Waals surface area contributed by atoms with E-state index in [-0.39, 0.29) is 50.9 Å². The number of ether oxygens (including phenoxy) is 1. The summed E-state index contributed by atoms with van der Waals surface area (Å²) in [5.74, 6) is -0.704. The summed E-state index contributed by atoms with van der Waals surface area (Å²) in [7, 11) is 0. The van der Waals surface area contributed by atoms with Crippen LogP contribution in [0.1, 0.15) is 90.9 Å². The quantitative estimate of drug-likeness (QED) is 0.205. The van der Waals surface area contributed by atoms with Crippen molar-refractivity contribution in [1.29, 1.82) is 0 Å². The van der Waals surface area contributed by atoms with E-state index in [1.54, 1.807) is 0 Å². The second-order valence-corrected chi connectivity index (χ2v) is 5.17. The van der Waals surface area contributed by atoms with Gasteiger partial charge in [-0.15, -0.1) is 0 Å². The van der Waals surface area contributed by atoms with Crippen molar-refractivity contribution < 1.29 is 53.3 Å². The number of esters is 2. The minimum absolute atomic E-state index is 0. The minimum atomic E-state index is -0.352. The molecule has 0 radical (unpaired) electrons. The Hall–Kier alpha value is 0.387. The average molecular weight is 401 g/mol. The van der Waals surface area contributed by atoms with E-state index in [1.807, 2.05) is 0 Å². The van der Waals surface area contributed by atoms with Gasteiger partial charge in [-0.3, -0.25) is 9.59 Å². The second kappa shape index (κ2) is 20.4. The monoisotopic (exact) mass is 398 g/mol. The Kier molecular flexibility index (Phi) is 25.5. The Balaban J connectivity index is -0.00000162. The Morgan fingerprint density at radius 2 is 0.952 bits per heavy atom. The molecule has 116 valence electrons. The molecule has 0 spiro atoms. The van der Waals surface area contributed by atoms with Gasteiger partial charge in [0, 0.05) is 51.8 Å². The molecule has 0 heterocycles. The number of hydrogen-bond donors (Lipinski definition) is 0. The van der Waals surface area contributed by atoms with Crippen molar-refractivity contribution in [2.45, 2.75) is 90.9 Å². The van der Waals surface area contributed by atoms with Gasteiger partial charge in [-0.25, -0.2) is 0 Å². The van der Waals surface area contributed by atoms with Gasteiger partial charge in [0.15, 0.2) is 0 Å². The first-order valence-corrected chi connectivity index (χ1v) is 7.94. The molecule has 0 aromatic heterocycles. The number of carbonyl (C=O) groups is 2. The van der Waals surface area contributed by atoms with E-state index in [2.05, 4.69) is 13.8 Å².